The van der Waals surface area contributed by atoms with Crippen LogP contribution in [0.3, 0.4) is 0 Å². The number of likely N-dealkylation sites (tertiary alicyclic amines) is 1. The first-order valence-electron chi connectivity index (χ1n) is 10.3. The molecule has 2 aliphatic heterocycles. The topological polar surface area (TPSA) is 60.9 Å². The number of hydrogen-bond donors (Lipinski definition) is 0. The summed E-state index contributed by atoms with van der Waals surface area (Å²) in [5.41, 5.74) is 0.756. The number of rotatable bonds is 5. The first-order chi connectivity index (χ1) is 13.2. The van der Waals surface area contributed by atoms with Crippen LogP contribution in [0.5, 0.6) is 0 Å². The lowest BCUT2D eigenvalue weighted by atomic mass is 9.69. The van der Waals surface area contributed by atoms with Crippen LogP contribution in [0, 0.1) is 11.3 Å². The summed E-state index contributed by atoms with van der Waals surface area (Å²) in [4.78, 5) is 15.6. The van der Waals surface area contributed by atoms with Crippen LogP contribution < -0.4 is 0 Å². The van der Waals surface area contributed by atoms with Crippen molar-refractivity contribution in [3.05, 3.63) is 35.9 Å². The third kappa shape index (κ3) is 4.26. The van der Waals surface area contributed by atoms with E-state index in [1.54, 1.807) is 18.4 Å². The standard InChI is InChI=1S/C21H33N3O3S/c1-21(19-11-15-24(16-12-19)28(26,27)22(2)3)13-7-8-14-23(20(21)25)17-18-9-5-4-6-10-18/h4-6,9-10,19H,7-8,11-17H2,1-3H3. The average Bonchev–Trinajstić information content (AvgIpc) is 2.83. The van der Waals surface area contributed by atoms with Gasteiger partial charge in [-0.15, -0.1) is 0 Å². The molecule has 0 spiro atoms. The minimum Gasteiger partial charge on any atom is -0.338 e. The van der Waals surface area contributed by atoms with E-state index in [-0.39, 0.29) is 11.8 Å². The molecule has 3 rings (SSSR count). The van der Waals surface area contributed by atoms with E-state index < -0.39 is 15.6 Å². The molecule has 2 heterocycles. The summed E-state index contributed by atoms with van der Waals surface area (Å²) in [5, 5.41) is 0. The highest BCUT2D eigenvalue weighted by Gasteiger charge is 2.46. The summed E-state index contributed by atoms with van der Waals surface area (Å²) >= 11 is 0. The van der Waals surface area contributed by atoms with Crippen LogP contribution in [-0.2, 0) is 21.5 Å². The van der Waals surface area contributed by atoms with Crippen LogP contribution in [0.15, 0.2) is 30.3 Å². The van der Waals surface area contributed by atoms with Crippen LogP contribution in [0.25, 0.3) is 0 Å². The summed E-state index contributed by atoms with van der Waals surface area (Å²) in [6.07, 6.45) is 4.46. The summed E-state index contributed by atoms with van der Waals surface area (Å²) in [5.74, 6) is 0.466. The summed E-state index contributed by atoms with van der Waals surface area (Å²) in [6, 6.07) is 10.2. The van der Waals surface area contributed by atoms with Crippen LogP contribution in [0.4, 0.5) is 0 Å². The first-order valence-corrected chi connectivity index (χ1v) is 11.7. The quantitative estimate of drug-likeness (QED) is 0.754. The van der Waals surface area contributed by atoms with Crippen molar-refractivity contribution in [1.82, 2.24) is 13.5 Å². The second kappa shape index (κ2) is 8.51. The van der Waals surface area contributed by atoms with Gasteiger partial charge in [0, 0.05) is 45.7 Å². The minimum absolute atomic E-state index is 0.227. The Kier molecular flexibility index (Phi) is 6.47. The highest BCUT2D eigenvalue weighted by atomic mass is 32.2. The molecule has 0 saturated carbocycles. The maximum atomic E-state index is 13.5. The van der Waals surface area contributed by atoms with Crippen LogP contribution in [0.1, 0.15) is 44.6 Å². The largest absolute Gasteiger partial charge is 0.338 e. The lowest BCUT2D eigenvalue weighted by Gasteiger charge is -2.42. The van der Waals surface area contributed by atoms with Gasteiger partial charge in [0.15, 0.2) is 0 Å². The zero-order valence-electron chi connectivity index (χ0n) is 17.3. The molecule has 156 valence electrons. The molecule has 0 N–H and O–H groups in total. The van der Waals surface area contributed by atoms with E-state index in [2.05, 4.69) is 19.1 Å². The molecule has 0 aliphatic carbocycles. The molecule has 0 aromatic heterocycles. The van der Waals surface area contributed by atoms with E-state index in [9.17, 15) is 13.2 Å². The van der Waals surface area contributed by atoms with Crippen LogP contribution in [-0.4, -0.2) is 61.6 Å². The fourth-order valence-electron chi connectivity index (χ4n) is 4.65. The number of benzene rings is 1. The average molecular weight is 408 g/mol. The van der Waals surface area contributed by atoms with E-state index in [1.165, 1.54) is 4.31 Å². The van der Waals surface area contributed by atoms with E-state index in [0.717, 1.165) is 44.2 Å². The Morgan fingerprint density at radius 2 is 1.71 bits per heavy atom. The minimum atomic E-state index is -3.37. The normalized spacial score (nSPS) is 25.9. The van der Waals surface area contributed by atoms with Crippen molar-refractivity contribution >= 4 is 16.1 Å². The number of piperidine rings is 1. The fraction of sp³-hybridized carbons (Fsp3) is 0.667. The maximum Gasteiger partial charge on any atom is 0.281 e. The molecule has 1 aromatic rings. The van der Waals surface area contributed by atoms with Gasteiger partial charge in [-0.2, -0.15) is 17.0 Å². The van der Waals surface area contributed by atoms with Gasteiger partial charge in [-0.3, -0.25) is 4.79 Å². The highest BCUT2D eigenvalue weighted by molar-refractivity contribution is 7.86. The van der Waals surface area contributed by atoms with Crippen molar-refractivity contribution in [2.75, 3.05) is 33.7 Å². The predicted molar refractivity (Wildman–Crippen MR) is 111 cm³/mol. The van der Waals surface area contributed by atoms with Crippen LogP contribution >= 0.6 is 0 Å². The SMILES string of the molecule is CN(C)S(=O)(=O)N1CCC(C2(C)CCCCN(Cc3ccccc3)C2=O)CC1. The second-order valence-corrected chi connectivity index (χ2v) is 10.7. The zero-order chi connectivity index (χ0) is 20.4. The molecule has 28 heavy (non-hydrogen) atoms. The Hall–Kier alpha value is -1.44. The third-order valence-electron chi connectivity index (χ3n) is 6.51. The van der Waals surface area contributed by atoms with Gasteiger partial charge in [0.05, 0.1) is 0 Å². The molecule has 2 aliphatic rings. The molecular formula is C21H33N3O3S. The van der Waals surface area contributed by atoms with Crippen molar-refractivity contribution in [2.24, 2.45) is 11.3 Å². The predicted octanol–water partition coefficient (Wildman–Crippen LogP) is 2.72. The zero-order valence-corrected chi connectivity index (χ0v) is 18.1. The Balaban J connectivity index is 1.72. The molecule has 1 unspecified atom stereocenters. The van der Waals surface area contributed by atoms with E-state index >= 15 is 0 Å². The van der Waals surface area contributed by atoms with E-state index in [1.807, 2.05) is 23.1 Å². The molecule has 2 saturated heterocycles. The molecule has 1 atom stereocenters. The maximum absolute atomic E-state index is 13.5. The summed E-state index contributed by atoms with van der Waals surface area (Å²) < 4.78 is 27.6. The molecule has 6 nitrogen and oxygen atoms in total. The van der Waals surface area contributed by atoms with E-state index in [4.69, 9.17) is 0 Å². The molecule has 7 heteroatoms. The van der Waals surface area contributed by atoms with Gasteiger partial charge in [0.2, 0.25) is 5.91 Å². The van der Waals surface area contributed by atoms with Gasteiger partial charge in [-0.25, -0.2) is 0 Å². The highest BCUT2D eigenvalue weighted by Crippen LogP contribution is 2.43. The third-order valence-corrected chi connectivity index (χ3v) is 8.45. The monoisotopic (exact) mass is 407 g/mol. The summed E-state index contributed by atoms with van der Waals surface area (Å²) in [7, 11) is -0.238. The molecule has 1 aromatic carbocycles. The van der Waals surface area contributed by atoms with Gasteiger partial charge in [-0.05, 0) is 37.2 Å². The van der Waals surface area contributed by atoms with Gasteiger partial charge in [0.1, 0.15) is 0 Å². The number of amides is 1. The number of hydrogen-bond acceptors (Lipinski definition) is 3. The van der Waals surface area contributed by atoms with Crippen LogP contribution in [0.2, 0.25) is 0 Å². The van der Waals surface area contributed by atoms with Gasteiger partial charge >= 0.3 is 0 Å². The first kappa shape index (κ1) is 21.3. The Labute approximate surface area is 169 Å². The second-order valence-electron chi connectivity index (χ2n) is 8.55. The molecule has 2 fully saturated rings. The Morgan fingerprint density at radius 1 is 1.07 bits per heavy atom. The molecule has 0 bridgehead atoms. The van der Waals surface area contributed by atoms with Crippen molar-refractivity contribution < 1.29 is 13.2 Å². The van der Waals surface area contributed by atoms with Crippen molar-refractivity contribution in [2.45, 2.75) is 45.6 Å². The number of carbonyl (C=O) groups excluding carboxylic acids is 1. The lowest BCUT2D eigenvalue weighted by Crippen LogP contribution is -2.50. The number of nitrogens with zero attached hydrogens (tertiary/aromatic N) is 3. The Morgan fingerprint density at radius 3 is 2.32 bits per heavy atom. The summed E-state index contributed by atoms with van der Waals surface area (Å²) in [6.45, 7) is 4.55. The molecule has 1 amide bonds. The van der Waals surface area contributed by atoms with Crippen molar-refractivity contribution in [3.63, 3.8) is 0 Å². The van der Waals surface area contributed by atoms with Crippen molar-refractivity contribution in [1.29, 1.82) is 0 Å². The fourth-order valence-corrected chi connectivity index (χ4v) is 5.79. The number of carbonyl (C=O) groups is 1. The Bertz CT molecular complexity index is 773. The lowest BCUT2D eigenvalue weighted by molar-refractivity contribution is -0.145. The van der Waals surface area contributed by atoms with Gasteiger partial charge in [-0.1, -0.05) is 43.7 Å². The van der Waals surface area contributed by atoms with Gasteiger partial charge < -0.3 is 4.90 Å². The van der Waals surface area contributed by atoms with E-state index in [0.29, 0.717) is 19.6 Å². The van der Waals surface area contributed by atoms with Gasteiger partial charge in [0.25, 0.3) is 10.2 Å². The smallest absolute Gasteiger partial charge is 0.281 e. The van der Waals surface area contributed by atoms with Crippen molar-refractivity contribution in [3.8, 4) is 0 Å². The molecular weight excluding hydrogens is 374 g/mol. The molecule has 0 radical (unpaired) electrons.